The van der Waals surface area contributed by atoms with Crippen LogP contribution >= 0.6 is 15.9 Å². The molecule has 0 spiro atoms. The number of amides is 1. The average Bonchev–Trinajstić information content (AvgIpc) is 2.46. The first-order valence-corrected chi connectivity index (χ1v) is 6.72. The zero-order valence-corrected chi connectivity index (χ0v) is 12.4. The van der Waals surface area contributed by atoms with Crippen LogP contribution in [-0.4, -0.2) is 10.8 Å². The molecule has 2 aromatic carbocycles. The highest BCUT2D eigenvalue weighted by Crippen LogP contribution is 2.26. The summed E-state index contributed by atoms with van der Waals surface area (Å²) < 4.78 is 5.93. The summed E-state index contributed by atoms with van der Waals surface area (Å²) in [6.07, 6.45) is 0. The molecule has 2 aromatic rings. The fourth-order valence-corrected chi connectivity index (χ4v) is 2.06. The maximum absolute atomic E-state index is 10.9. The third kappa shape index (κ3) is 3.79. The van der Waals surface area contributed by atoms with Crippen LogP contribution in [0, 0.1) is 10.1 Å². The molecule has 6 nitrogen and oxygen atoms in total. The molecule has 7 heteroatoms. The minimum absolute atomic E-state index is 0.0137. The highest BCUT2D eigenvalue weighted by molar-refractivity contribution is 9.10. The van der Waals surface area contributed by atoms with Crippen LogP contribution < -0.4 is 10.5 Å². The molecule has 0 bridgehead atoms. The van der Waals surface area contributed by atoms with Crippen molar-refractivity contribution in [2.45, 2.75) is 6.61 Å². The Morgan fingerprint density at radius 2 is 1.90 bits per heavy atom. The summed E-state index contributed by atoms with van der Waals surface area (Å²) in [6.45, 7) is 0.185. The first-order chi connectivity index (χ1) is 9.97. The lowest BCUT2D eigenvalue weighted by Gasteiger charge is -2.07. The first-order valence-electron chi connectivity index (χ1n) is 5.93. The van der Waals surface area contributed by atoms with Crippen molar-refractivity contribution in [1.29, 1.82) is 0 Å². The van der Waals surface area contributed by atoms with Gasteiger partial charge in [-0.1, -0.05) is 6.07 Å². The number of hydrogen-bond acceptors (Lipinski definition) is 4. The Kier molecular flexibility index (Phi) is 4.54. The fraction of sp³-hybridized carbons (Fsp3) is 0.0714. The lowest BCUT2D eigenvalue weighted by atomic mass is 10.2. The molecule has 0 fully saturated rings. The van der Waals surface area contributed by atoms with Crippen LogP contribution in [0.15, 0.2) is 46.9 Å². The molecule has 0 aliphatic heterocycles. The van der Waals surface area contributed by atoms with Crippen molar-refractivity contribution in [1.82, 2.24) is 0 Å². The Balaban J connectivity index is 2.07. The molecule has 0 heterocycles. The van der Waals surface area contributed by atoms with Crippen molar-refractivity contribution in [2.24, 2.45) is 5.73 Å². The Morgan fingerprint density at radius 1 is 1.24 bits per heavy atom. The van der Waals surface area contributed by atoms with E-state index in [0.717, 1.165) is 0 Å². The van der Waals surface area contributed by atoms with E-state index in [-0.39, 0.29) is 12.3 Å². The second-order valence-electron chi connectivity index (χ2n) is 4.22. The van der Waals surface area contributed by atoms with Gasteiger partial charge in [0.05, 0.1) is 9.40 Å². The first kappa shape index (κ1) is 15.0. The monoisotopic (exact) mass is 350 g/mol. The van der Waals surface area contributed by atoms with E-state index in [1.165, 1.54) is 6.07 Å². The number of carbonyl (C=O) groups is 1. The van der Waals surface area contributed by atoms with Gasteiger partial charge in [0.1, 0.15) is 12.4 Å². The number of hydrogen-bond donors (Lipinski definition) is 1. The molecule has 0 unspecified atom stereocenters. The number of nitrogens with two attached hydrogens (primary N) is 1. The number of ether oxygens (including phenoxy) is 1. The van der Waals surface area contributed by atoms with Crippen molar-refractivity contribution in [2.75, 3.05) is 0 Å². The van der Waals surface area contributed by atoms with Gasteiger partial charge in [-0.2, -0.15) is 0 Å². The molecule has 2 N–H and O–H groups in total. The molecule has 2 rings (SSSR count). The van der Waals surface area contributed by atoms with Crippen LogP contribution in [0.3, 0.4) is 0 Å². The summed E-state index contributed by atoms with van der Waals surface area (Å²) in [4.78, 5) is 21.3. The van der Waals surface area contributed by atoms with Gasteiger partial charge in [0.2, 0.25) is 5.91 Å². The van der Waals surface area contributed by atoms with Gasteiger partial charge >= 0.3 is 0 Å². The Morgan fingerprint density at radius 3 is 2.48 bits per heavy atom. The summed E-state index contributed by atoms with van der Waals surface area (Å²) in [5.74, 6) is 0.0376. The number of primary amides is 1. The summed E-state index contributed by atoms with van der Waals surface area (Å²) in [6, 6.07) is 11.1. The van der Waals surface area contributed by atoms with Crippen LogP contribution in [0.1, 0.15) is 15.9 Å². The third-order valence-corrected chi connectivity index (χ3v) is 3.42. The number of rotatable bonds is 5. The van der Waals surface area contributed by atoms with Gasteiger partial charge in [-0.25, -0.2) is 0 Å². The molecule has 1 amide bonds. The lowest BCUT2D eigenvalue weighted by molar-refractivity contribution is -0.385. The number of nitro benzene ring substituents is 1. The smallest absolute Gasteiger partial charge is 0.283 e. The van der Waals surface area contributed by atoms with E-state index in [2.05, 4.69) is 15.9 Å². The molecule has 0 aromatic heterocycles. The zero-order chi connectivity index (χ0) is 15.4. The molecule has 0 saturated heterocycles. The normalized spacial score (nSPS) is 10.1. The summed E-state index contributed by atoms with van der Waals surface area (Å²) in [5, 5.41) is 10.8. The van der Waals surface area contributed by atoms with Crippen LogP contribution in [0.25, 0.3) is 0 Å². The van der Waals surface area contributed by atoms with Crippen LogP contribution in [0.4, 0.5) is 5.69 Å². The molecule has 0 radical (unpaired) electrons. The second-order valence-corrected chi connectivity index (χ2v) is 5.07. The van der Waals surface area contributed by atoms with Gasteiger partial charge in [-0.3, -0.25) is 14.9 Å². The largest absolute Gasteiger partial charge is 0.489 e. The Bertz CT molecular complexity index is 686. The van der Waals surface area contributed by atoms with Gasteiger partial charge in [0.15, 0.2) is 0 Å². The number of carbonyl (C=O) groups excluding carboxylic acids is 1. The molecule has 0 aliphatic carbocycles. The quantitative estimate of drug-likeness (QED) is 0.662. The SMILES string of the molecule is NC(=O)c1ccc(OCc2ccc(Br)c([N+](=O)[O-])c2)cc1. The van der Waals surface area contributed by atoms with E-state index in [0.29, 0.717) is 21.3 Å². The van der Waals surface area contributed by atoms with Crippen molar-refractivity contribution in [3.05, 3.63) is 68.2 Å². The van der Waals surface area contributed by atoms with Gasteiger partial charge < -0.3 is 10.5 Å². The van der Waals surface area contributed by atoms with Gasteiger partial charge in [-0.15, -0.1) is 0 Å². The Hall–Kier alpha value is -2.41. The average molecular weight is 351 g/mol. The minimum Gasteiger partial charge on any atom is -0.489 e. The highest BCUT2D eigenvalue weighted by Gasteiger charge is 2.12. The topological polar surface area (TPSA) is 95.5 Å². The number of nitrogens with zero attached hydrogens (tertiary/aromatic N) is 1. The molecule has 0 saturated carbocycles. The van der Waals surface area contributed by atoms with Crippen molar-refractivity contribution >= 4 is 27.5 Å². The van der Waals surface area contributed by atoms with E-state index in [9.17, 15) is 14.9 Å². The molecular weight excluding hydrogens is 340 g/mol. The summed E-state index contributed by atoms with van der Waals surface area (Å²) in [5.41, 5.74) is 6.19. The van der Waals surface area contributed by atoms with Crippen molar-refractivity contribution in [3.63, 3.8) is 0 Å². The second kappa shape index (κ2) is 6.36. The summed E-state index contributed by atoms with van der Waals surface area (Å²) >= 11 is 3.12. The maximum Gasteiger partial charge on any atom is 0.283 e. The molecule has 21 heavy (non-hydrogen) atoms. The third-order valence-electron chi connectivity index (χ3n) is 2.75. The molecule has 0 aliphatic rings. The molecule has 108 valence electrons. The lowest BCUT2D eigenvalue weighted by Crippen LogP contribution is -2.10. The molecular formula is C14H11BrN2O4. The highest BCUT2D eigenvalue weighted by atomic mass is 79.9. The van der Waals surface area contributed by atoms with E-state index >= 15 is 0 Å². The molecule has 0 atom stereocenters. The Labute approximate surface area is 128 Å². The standard InChI is InChI=1S/C14H11BrN2O4/c15-12-6-1-9(7-13(12)17(19)20)8-21-11-4-2-10(3-5-11)14(16)18/h1-7H,8H2,(H2,16,18). The fourth-order valence-electron chi connectivity index (χ4n) is 1.67. The number of nitro groups is 1. The number of halogens is 1. The minimum atomic E-state index is -0.509. The van der Waals surface area contributed by atoms with Crippen molar-refractivity contribution < 1.29 is 14.5 Å². The van der Waals surface area contributed by atoms with Gasteiger partial charge in [-0.05, 0) is 51.8 Å². The van der Waals surface area contributed by atoms with Gasteiger partial charge in [0.25, 0.3) is 5.69 Å². The van der Waals surface area contributed by atoms with Gasteiger partial charge in [0, 0.05) is 11.6 Å². The van der Waals surface area contributed by atoms with Crippen LogP contribution in [0.5, 0.6) is 5.75 Å². The van der Waals surface area contributed by atoms with E-state index in [4.69, 9.17) is 10.5 Å². The maximum atomic E-state index is 10.9. The van der Waals surface area contributed by atoms with E-state index in [1.54, 1.807) is 36.4 Å². The predicted molar refractivity (Wildman–Crippen MR) is 80.1 cm³/mol. The van der Waals surface area contributed by atoms with E-state index < -0.39 is 10.8 Å². The zero-order valence-electron chi connectivity index (χ0n) is 10.8. The summed E-state index contributed by atoms with van der Waals surface area (Å²) in [7, 11) is 0. The van der Waals surface area contributed by atoms with Crippen molar-refractivity contribution in [3.8, 4) is 5.75 Å². The van der Waals surface area contributed by atoms with Crippen LogP contribution in [-0.2, 0) is 6.61 Å². The van der Waals surface area contributed by atoms with E-state index in [1.807, 2.05) is 0 Å². The predicted octanol–water partition coefficient (Wildman–Crippen LogP) is 3.04. The number of benzene rings is 2. The van der Waals surface area contributed by atoms with Crippen LogP contribution in [0.2, 0.25) is 0 Å².